The summed E-state index contributed by atoms with van der Waals surface area (Å²) in [6, 6.07) is 19.6. The van der Waals surface area contributed by atoms with Crippen LogP contribution < -0.4 is 5.32 Å². The summed E-state index contributed by atoms with van der Waals surface area (Å²) in [5.41, 5.74) is 2.33. The Labute approximate surface area is 152 Å². The van der Waals surface area contributed by atoms with E-state index in [4.69, 9.17) is 11.6 Å². The Morgan fingerprint density at radius 3 is 2.52 bits per heavy atom. The van der Waals surface area contributed by atoms with Crippen LogP contribution in [0.15, 0.2) is 66.9 Å². The second-order valence-electron chi connectivity index (χ2n) is 5.89. The molecule has 1 amide bonds. The molecule has 0 saturated carbocycles. The maximum absolute atomic E-state index is 12.2. The number of amides is 1. The fourth-order valence-electron chi connectivity index (χ4n) is 2.63. The van der Waals surface area contributed by atoms with Crippen LogP contribution in [0.25, 0.3) is 0 Å². The van der Waals surface area contributed by atoms with Gasteiger partial charge in [-0.25, -0.2) is 4.68 Å². The van der Waals surface area contributed by atoms with Crippen LogP contribution in [-0.4, -0.2) is 15.7 Å². The molecule has 0 fully saturated rings. The smallest absolute Gasteiger partial charge is 0.225 e. The molecule has 4 nitrogen and oxygen atoms in total. The Hall–Kier alpha value is -2.59. The number of rotatable bonds is 7. The summed E-state index contributed by atoms with van der Waals surface area (Å²) in [5.74, 6) is 0.726. The Morgan fingerprint density at radius 2 is 1.76 bits per heavy atom. The van der Waals surface area contributed by atoms with Gasteiger partial charge in [-0.2, -0.15) is 5.10 Å². The van der Waals surface area contributed by atoms with Crippen LogP contribution in [-0.2, 0) is 17.8 Å². The van der Waals surface area contributed by atoms with E-state index in [0.717, 1.165) is 29.2 Å². The second-order valence-corrected chi connectivity index (χ2v) is 6.32. The standard InChI is InChI=1S/C20H20ClN3O/c21-18-11-9-16(10-12-18)7-4-8-20(25)23-19-13-14-22-24(19)15-17-5-2-1-3-6-17/h1-3,5-6,9-14H,4,7-8,15H2,(H,23,25). The Bertz CT molecular complexity index is 812. The maximum atomic E-state index is 12.2. The average Bonchev–Trinajstić information content (AvgIpc) is 3.04. The summed E-state index contributed by atoms with van der Waals surface area (Å²) in [4.78, 5) is 12.2. The summed E-state index contributed by atoms with van der Waals surface area (Å²) in [5, 5.41) is 7.97. The van der Waals surface area contributed by atoms with E-state index in [1.807, 2.05) is 60.7 Å². The maximum Gasteiger partial charge on any atom is 0.225 e. The molecule has 0 radical (unpaired) electrons. The summed E-state index contributed by atoms with van der Waals surface area (Å²) >= 11 is 5.88. The van der Waals surface area contributed by atoms with Crippen molar-refractivity contribution < 1.29 is 4.79 Å². The third kappa shape index (κ3) is 5.19. The molecule has 0 aliphatic heterocycles. The van der Waals surface area contributed by atoms with E-state index < -0.39 is 0 Å². The lowest BCUT2D eigenvalue weighted by molar-refractivity contribution is -0.116. The fourth-order valence-corrected chi connectivity index (χ4v) is 2.76. The normalized spacial score (nSPS) is 10.6. The van der Waals surface area contributed by atoms with Gasteiger partial charge in [0.2, 0.25) is 5.91 Å². The van der Waals surface area contributed by atoms with Crippen LogP contribution in [0.3, 0.4) is 0 Å². The lowest BCUT2D eigenvalue weighted by atomic mass is 10.1. The number of carbonyl (C=O) groups excluding carboxylic acids is 1. The van der Waals surface area contributed by atoms with Gasteiger partial charge in [-0.05, 0) is 36.1 Å². The molecule has 25 heavy (non-hydrogen) atoms. The molecular weight excluding hydrogens is 334 g/mol. The quantitative estimate of drug-likeness (QED) is 0.677. The molecule has 0 spiro atoms. The average molecular weight is 354 g/mol. The Morgan fingerprint density at radius 1 is 1.00 bits per heavy atom. The SMILES string of the molecule is O=C(CCCc1ccc(Cl)cc1)Nc1ccnn1Cc1ccccc1. The summed E-state index contributed by atoms with van der Waals surface area (Å²) in [7, 11) is 0. The number of halogens is 1. The Balaban J connectivity index is 1.50. The third-order valence-corrected chi connectivity index (χ3v) is 4.19. The van der Waals surface area contributed by atoms with E-state index in [0.29, 0.717) is 13.0 Å². The largest absolute Gasteiger partial charge is 0.311 e. The minimum absolute atomic E-state index is 0.00350. The van der Waals surface area contributed by atoms with E-state index in [-0.39, 0.29) is 5.91 Å². The first kappa shape index (κ1) is 17.2. The molecule has 0 bridgehead atoms. The number of aryl methyl sites for hydroxylation is 1. The first-order chi connectivity index (χ1) is 12.2. The molecular formula is C20H20ClN3O. The van der Waals surface area contributed by atoms with Crippen LogP contribution in [0.5, 0.6) is 0 Å². The second kappa shape index (κ2) is 8.49. The lowest BCUT2D eigenvalue weighted by Crippen LogP contribution is -2.16. The Kier molecular flexibility index (Phi) is 5.86. The van der Waals surface area contributed by atoms with Crippen LogP contribution in [0.1, 0.15) is 24.0 Å². The van der Waals surface area contributed by atoms with Crippen molar-refractivity contribution in [1.29, 1.82) is 0 Å². The first-order valence-electron chi connectivity index (χ1n) is 8.31. The van der Waals surface area contributed by atoms with Crippen molar-refractivity contribution in [1.82, 2.24) is 9.78 Å². The van der Waals surface area contributed by atoms with Crippen molar-refractivity contribution in [2.24, 2.45) is 0 Å². The highest BCUT2D eigenvalue weighted by molar-refractivity contribution is 6.30. The molecule has 128 valence electrons. The van der Waals surface area contributed by atoms with Gasteiger partial charge < -0.3 is 5.32 Å². The zero-order valence-corrected chi connectivity index (χ0v) is 14.6. The zero-order valence-electron chi connectivity index (χ0n) is 13.9. The van der Waals surface area contributed by atoms with Gasteiger partial charge in [0.15, 0.2) is 0 Å². The van der Waals surface area contributed by atoms with Crippen LogP contribution in [0, 0.1) is 0 Å². The number of nitrogens with zero attached hydrogens (tertiary/aromatic N) is 2. The number of hydrogen-bond acceptors (Lipinski definition) is 2. The molecule has 1 N–H and O–H groups in total. The highest BCUT2D eigenvalue weighted by Crippen LogP contribution is 2.13. The van der Waals surface area contributed by atoms with Crippen LogP contribution in [0.4, 0.5) is 5.82 Å². The molecule has 3 rings (SSSR count). The van der Waals surface area contributed by atoms with Gasteiger partial charge in [0.25, 0.3) is 0 Å². The predicted octanol–water partition coefficient (Wildman–Crippen LogP) is 4.55. The van der Waals surface area contributed by atoms with Crippen molar-refractivity contribution in [3.63, 3.8) is 0 Å². The topological polar surface area (TPSA) is 46.9 Å². The third-order valence-electron chi connectivity index (χ3n) is 3.94. The van der Waals surface area contributed by atoms with Gasteiger partial charge in [-0.3, -0.25) is 4.79 Å². The highest BCUT2D eigenvalue weighted by atomic mass is 35.5. The van der Waals surface area contributed by atoms with Crippen molar-refractivity contribution in [3.05, 3.63) is 83.0 Å². The summed E-state index contributed by atoms with van der Waals surface area (Å²) in [6.07, 6.45) is 3.82. The van der Waals surface area contributed by atoms with Gasteiger partial charge >= 0.3 is 0 Å². The van der Waals surface area contributed by atoms with Crippen molar-refractivity contribution in [2.45, 2.75) is 25.8 Å². The number of benzene rings is 2. The van der Waals surface area contributed by atoms with Crippen molar-refractivity contribution in [3.8, 4) is 0 Å². The molecule has 0 atom stereocenters. The van der Waals surface area contributed by atoms with Crippen molar-refractivity contribution >= 4 is 23.3 Å². The van der Waals surface area contributed by atoms with Crippen LogP contribution >= 0.6 is 11.6 Å². The number of aromatic nitrogens is 2. The fraction of sp³-hybridized carbons (Fsp3) is 0.200. The van der Waals surface area contributed by atoms with E-state index >= 15 is 0 Å². The van der Waals surface area contributed by atoms with Crippen LogP contribution in [0.2, 0.25) is 5.02 Å². The number of nitrogens with one attached hydrogen (secondary N) is 1. The number of anilines is 1. The zero-order chi connectivity index (χ0) is 17.5. The minimum atomic E-state index is 0.00350. The lowest BCUT2D eigenvalue weighted by Gasteiger charge is -2.09. The molecule has 5 heteroatoms. The molecule has 0 saturated heterocycles. The van der Waals surface area contributed by atoms with E-state index in [1.54, 1.807) is 10.9 Å². The minimum Gasteiger partial charge on any atom is -0.311 e. The first-order valence-corrected chi connectivity index (χ1v) is 8.68. The molecule has 0 unspecified atom stereocenters. The van der Waals surface area contributed by atoms with E-state index in [9.17, 15) is 4.79 Å². The number of hydrogen-bond donors (Lipinski definition) is 1. The summed E-state index contributed by atoms with van der Waals surface area (Å²) in [6.45, 7) is 0.633. The highest BCUT2D eigenvalue weighted by Gasteiger charge is 2.08. The van der Waals surface area contributed by atoms with Gasteiger partial charge in [-0.15, -0.1) is 0 Å². The number of carbonyl (C=O) groups is 1. The van der Waals surface area contributed by atoms with E-state index in [2.05, 4.69) is 10.4 Å². The van der Waals surface area contributed by atoms with E-state index in [1.165, 1.54) is 5.56 Å². The predicted molar refractivity (Wildman–Crippen MR) is 101 cm³/mol. The van der Waals surface area contributed by atoms with Gasteiger partial charge in [-0.1, -0.05) is 54.1 Å². The van der Waals surface area contributed by atoms with Gasteiger partial charge in [0, 0.05) is 17.5 Å². The molecule has 1 aromatic heterocycles. The summed E-state index contributed by atoms with van der Waals surface area (Å²) < 4.78 is 1.80. The van der Waals surface area contributed by atoms with Gasteiger partial charge in [0.1, 0.15) is 5.82 Å². The van der Waals surface area contributed by atoms with Gasteiger partial charge in [0.05, 0.1) is 12.7 Å². The molecule has 3 aromatic rings. The molecule has 0 aliphatic rings. The molecule has 0 aliphatic carbocycles. The van der Waals surface area contributed by atoms with Crippen molar-refractivity contribution in [2.75, 3.05) is 5.32 Å². The molecule has 1 heterocycles. The monoisotopic (exact) mass is 353 g/mol. The molecule has 2 aromatic carbocycles.